The van der Waals surface area contributed by atoms with Crippen molar-refractivity contribution in [3.05, 3.63) is 70.8 Å². The van der Waals surface area contributed by atoms with E-state index in [1.165, 1.54) is 5.56 Å². The van der Waals surface area contributed by atoms with Gasteiger partial charge in [0.15, 0.2) is 9.84 Å². The highest BCUT2D eigenvalue weighted by atomic mass is 32.2. The predicted molar refractivity (Wildman–Crippen MR) is 106 cm³/mol. The van der Waals surface area contributed by atoms with Gasteiger partial charge in [-0.25, -0.2) is 8.42 Å². The van der Waals surface area contributed by atoms with Crippen LogP contribution in [0.15, 0.2) is 48.5 Å². The van der Waals surface area contributed by atoms with E-state index in [0.29, 0.717) is 30.6 Å². The molecular weight excluding hydrogens is 376 g/mol. The maximum absolute atomic E-state index is 12.9. The Bertz CT molecular complexity index is 1030. The fourth-order valence-electron chi connectivity index (χ4n) is 3.82. The lowest BCUT2D eigenvalue weighted by molar-refractivity contribution is 0.0734. The Morgan fingerprint density at radius 2 is 1.75 bits per heavy atom. The maximum atomic E-state index is 12.9. The molecule has 2 aromatic carbocycles. The van der Waals surface area contributed by atoms with E-state index in [0.717, 1.165) is 12.0 Å². The molecule has 0 spiro atoms. The third kappa shape index (κ3) is 3.94. The minimum absolute atomic E-state index is 0.0233. The van der Waals surface area contributed by atoms with Gasteiger partial charge in [0.2, 0.25) is 0 Å². The van der Waals surface area contributed by atoms with Crippen LogP contribution in [0, 0.1) is 0 Å². The minimum atomic E-state index is -3.06. The zero-order chi connectivity index (χ0) is 19.7. The molecule has 1 saturated heterocycles. The third-order valence-electron chi connectivity index (χ3n) is 5.36. The maximum Gasteiger partial charge on any atom is 0.254 e. The molecule has 0 saturated carbocycles. The largest absolute Gasteiger partial charge is 0.348 e. The molecule has 0 aromatic heterocycles. The molecule has 1 fully saturated rings. The molecular formula is C21H22N2O4S. The molecule has 0 radical (unpaired) electrons. The van der Waals surface area contributed by atoms with Crippen LogP contribution in [0.4, 0.5) is 0 Å². The number of carbonyl (C=O) groups is 2. The smallest absolute Gasteiger partial charge is 0.254 e. The van der Waals surface area contributed by atoms with Gasteiger partial charge in [0.05, 0.1) is 11.5 Å². The highest BCUT2D eigenvalue weighted by molar-refractivity contribution is 7.91. The van der Waals surface area contributed by atoms with Crippen molar-refractivity contribution in [1.82, 2.24) is 10.2 Å². The van der Waals surface area contributed by atoms with Crippen LogP contribution in [0.3, 0.4) is 0 Å². The van der Waals surface area contributed by atoms with Crippen LogP contribution in [0.25, 0.3) is 0 Å². The standard InChI is InChI=1S/C21H22N2O4S/c24-20(22-19-9-11-28(26,27)14-19)16-6-3-7-17(12-16)21(25)23-10-8-15-4-1-2-5-18(15)13-23/h1-7,12,19H,8-11,13-14H2,(H,22,24). The molecule has 1 unspecified atom stereocenters. The van der Waals surface area contributed by atoms with Crippen molar-refractivity contribution in [2.75, 3.05) is 18.1 Å². The van der Waals surface area contributed by atoms with Crippen molar-refractivity contribution in [2.45, 2.75) is 25.4 Å². The van der Waals surface area contributed by atoms with Crippen molar-refractivity contribution in [3.8, 4) is 0 Å². The number of carbonyl (C=O) groups excluding carboxylic acids is 2. The number of hydrogen-bond acceptors (Lipinski definition) is 4. The lowest BCUT2D eigenvalue weighted by Crippen LogP contribution is -2.37. The topological polar surface area (TPSA) is 83.5 Å². The monoisotopic (exact) mass is 398 g/mol. The van der Waals surface area contributed by atoms with Crippen LogP contribution in [-0.4, -0.2) is 49.2 Å². The van der Waals surface area contributed by atoms with E-state index in [9.17, 15) is 18.0 Å². The van der Waals surface area contributed by atoms with Gasteiger partial charge < -0.3 is 10.2 Å². The van der Waals surface area contributed by atoms with Crippen LogP contribution in [-0.2, 0) is 22.8 Å². The molecule has 6 nitrogen and oxygen atoms in total. The second-order valence-electron chi connectivity index (χ2n) is 7.40. The Morgan fingerprint density at radius 3 is 2.50 bits per heavy atom. The number of sulfone groups is 1. The van der Waals surface area contributed by atoms with E-state index in [-0.39, 0.29) is 29.4 Å². The van der Waals surface area contributed by atoms with Crippen molar-refractivity contribution in [2.24, 2.45) is 0 Å². The Labute approximate surface area is 164 Å². The van der Waals surface area contributed by atoms with E-state index in [1.807, 2.05) is 18.2 Å². The van der Waals surface area contributed by atoms with Gasteiger partial charge in [0, 0.05) is 30.3 Å². The normalized spacial score (nSPS) is 20.4. The Kier molecular flexibility index (Phi) is 4.93. The van der Waals surface area contributed by atoms with E-state index < -0.39 is 9.84 Å². The summed E-state index contributed by atoms with van der Waals surface area (Å²) < 4.78 is 23.1. The van der Waals surface area contributed by atoms with E-state index >= 15 is 0 Å². The summed E-state index contributed by atoms with van der Waals surface area (Å²) in [4.78, 5) is 27.2. The molecule has 1 atom stereocenters. The average molecular weight is 398 g/mol. The first kappa shape index (κ1) is 18.7. The van der Waals surface area contributed by atoms with Crippen LogP contribution in [0.5, 0.6) is 0 Å². The summed E-state index contributed by atoms with van der Waals surface area (Å²) in [6, 6.07) is 14.4. The van der Waals surface area contributed by atoms with Gasteiger partial charge in [0.25, 0.3) is 11.8 Å². The fraction of sp³-hybridized carbons (Fsp3) is 0.333. The number of amides is 2. The van der Waals surface area contributed by atoms with Gasteiger partial charge in [-0.05, 0) is 42.2 Å². The molecule has 2 aliphatic heterocycles. The third-order valence-corrected chi connectivity index (χ3v) is 7.13. The zero-order valence-corrected chi connectivity index (χ0v) is 16.2. The molecule has 4 rings (SSSR count). The molecule has 2 heterocycles. The SMILES string of the molecule is O=C(NC1CCS(=O)(=O)C1)c1cccc(C(=O)N2CCc3ccccc3C2)c1. The lowest BCUT2D eigenvalue weighted by atomic mass is 9.99. The molecule has 0 aliphatic carbocycles. The summed E-state index contributed by atoms with van der Waals surface area (Å²) in [7, 11) is -3.06. The molecule has 2 aliphatic rings. The first-order valence-corrected chi connectivity index (χ1v) is 11.2. The summed E-state index contributed by atoms with van der Waals surface area (Å²) in [5, 5.41) is 2.77. The van der Waals surface area contributed by atoms with Crippen molar-refractivity contribution >= 4 is 21.7 Å². The summed E-state index contributed by atoms with van der Waals surface area (Å²) in [5.41, 5.74) is 3.25. The minimum Gasteiger partial charge on any atom is -0.348 e. The van der Waals surface area contributed by atoms with Crippen molar-refractivity contribution in [3.63, 3.8) is 0 Å². The molecule has 2 aromatic rings. The Hall–Kier alpha value is -2.67. The van der Waals surface area contributed by atoms with Gasteiger partial charge >= 0.3 is 0 Å². The summed E-state index contributed by atoms with van der Waals surface area (Å²) >= 11 is 0. The van der Waals surface area contributed by atoms with Crippen molar-refractivity contribution in [1.29, 1.82) is 0 Å². The quantitative estimate of drug-likeness (QED) is 0.855. The van der Waals surface area contributed by atoms with Crippen LogP contribution in [0.1, 0.15) is 38.3 Å². The molecule has 146 valence electrons. The number of fused-ring (bicyclic) bond motifs is 1. The Morgan fingerprint density at radius 1 is 1.00 bits per heavy atom. The van der Waals surface area contributed by atoms with Gasteiger partial charge in [-0.2, -0.15) is 0 Å². The average Bonchev–Trinajstić information content (AvgIpc) is 3.05. The summed E-state index contributed by atoms with van der Waals surface area (Å²) in [5.74, 6) is -0.370. The lowest BCUT2D eigenvalue weighted by Gasteiger charge is -2.29. The molecule has 2 amide bonds. The Balaban J connectivity index is 1.46. The fourth-order valence-corrected chi connectivity index (χ4v) is 5.50. The first-order chi connectivity index (χ1) is 13.4. The van der Waals surface area contributed by atoms with Crippen molar-refractivity contribution < 1.29 is 18.0 Å². The van der Waals surface area contributed by atoms with Gasteiger partial charge in [0.1, 0.15) is 0 Å². The number of nitrogens with one attached hydrogen (secondary N) is 1. The van der Waals surface area contributed by atoms with E-state index in [4.69, 9.17) is 0 Å². The molecule has 28 heavy (non-hydrogen) atoms. The van der Waals surface area contributed by atoms with Crippen LogP contribution in [0.2, 0.25) is 0 Å². The van der Waals surface area contributed by atoms with Gasteiger partial charge in [-0.1, -0.05) is 30.3 Å². The number of nitrogens with zero attached hydrogens (tertiary/aromatic N) is 1. The molecule has 0 bridgehead atoms. The molecule has 1 N–H and O–H groups in total. The molecule has 7 heteroatoms. The summed E-state index contributed by atoms with van der Waals surface area (Å²) in [6.45, 7) is 1.21. The van der Waals surface area contributed by atoms with Crippen LogP contribution < -0.4 is 5.32 Å². The number of benzene rings is 2. The second-order valence-corrected chi connectivity index (χ2v) is 9.63. The number of hydrogen-bond donors (Lipinski definition) is 1. The highest BCUT2D eigenvalue weighted by Gasteiger charge is 2.29. The predicted octanol–water partition coefficient (Wildman–Crippen LogP) is 1.80. The number of rotatable bonds is 3. The highest BCUT2D eigenvalue weighted by Crippen LogP contribution is 2.21. The van der Waals surface area contributed by atoms with Gasteiger partial charge in [-0.3, -0.25) is 9.59 Å². The zero-order valence-electron chi connectivity index (χ0n) is 15.4. The van der Waals surface area contributed by atoms with Crippen LogP contribution >= 0.6 is 0 Å². The first-order valence-electron chi connectivity index (χ1n) is 9.39. The van der Waals surface area contributed by atoms with Gasteiger partial charge in [-0.15, -0.1) is 0 Å². The second kappa shape index (κ2) is 7.39. The van der Waals surface area contributed by atoms with E-state index in [1.54, 1.807) is 29.2 Å². The van der Waals surface area contributed by atoms with E-state index in [2.05, 4.69) is 11.4 Å². The summed E-state index contributed by atoms with van der Waals surface area (Å²) in [6.07, 6.45) is 1.25.